The lowest BCUT2D eigenvalue weighted by Gasteiger charge is -2.22. The number of carbonyl (C=O) groups excluding carboxylic acids is 1. The Morgan fingerprint density at radius 1 is 1.33 bits per heavy atom. The number of rotatable bonds is 2. The summed E-state index contributed by atoms with van der Waals surface area (Å²) in [5.41, 5.74) is 1.89. The summed E-state index contributed by atoms with van der Waals surface area (Å²) in [4.78, 5) is 27.1. The molecule has 0 aliphatic carbocycles. The molecular formula is C15H18N4O2. The van der Waals surface area contributed by atoms with E-state index >= 15 is 0 Å². The van der Waals surface area contributed by atoms with Crippen molar-refractivity contribution >= 4 is 22.7 Å². The molecule has 6 nitrogen and oxygen atoms in total. The van der Waals surface area contributed by atoms with Gasteiger partial charge in [-0.1, -0.05) is 6.92 Å². The Balaban J connectivity index is 2.14. The number of hydrogen-bond donors (Lipinski definition) is 0. The van der Waals surface area contributed by atoms with E-state index in [4.69, 9.17) is 4.74 Å². The van der Waals surface area contributed by atoms with E-state index in [2.05, 4.69) is 26.8 Å². The van der Waals surface area contributed by atoms with E-state index in [0.29, 0.717) is 26.1 Å². The number of esters is 1. The standard InChI is InChI=1S/C15H18N4O2/c1-3-11-14-12(4-6-16-11)17-10(2)18-15(14)19-7-5-13(20)21-9-8-19/h4,6H,3,5,7-9H2,1-2H3. The topological polar surface area (TPSA) is 68.2 Å². The zero-order valence-electron chi connectivity index (χ0n) is 12.3. The van der Waals surface area contributed by atoms with Gasteiger partial charge in [0.25, 0.3) is 0 Å². The van der Waals surface area contributed by atoms with E-state index in [1.54, 1.807) is 6.20 Å². The molecular weight excluding hydrogens is 268 g/mol. The van der Waals surface area contributed by atoms with E-state index in [9.17, 15) is 4.79 Å². The van der Waals surface area contributed by atoms with Crippen LogP contribution in [0.3, 0.4) is 0 Å². The van der Waals surface area contributed by atoms with Gasteiger partial charge < -0.3 is 9.64 Å². The molecule has 110 valence electrons. The van der Waals surface area contributed by atoms with Crippen LogP contribution < -0.4 is 4.90 Å². The van der Waals surface area contributed by atoms with Crippen LogP contribution >= 0.6 is 0 Å². The molecule has 0 unspecified atom stereocenters. The minimum absolute atomic E-state index is 0.151. The first-order valence-corrected chi connectivity index (χ1v) is 7.22. The van der Waals surface area contributed by atoms with Crippen LogP contribution in [0.5, 0.6) is 0 Å². The smallest absolute Gasteiger partial charge is 0.307 e. The molecule has 21 heavy (non-hydrogen) atoms. The minimum atomic E-state index is -0.151. The van der Waals surface area contributed by atoms with Crippen molar-refractivity contribution in [3.8, 4) is 0 Å². The van der Waals surface area contributed by atoms with Crippen LogP contribution in [0.25, 0.3) is 10.9 Å². The van der Waals surface area contributed by atoms with Crippen LogP contribution in [0.2, 0.25) is 0 Å². The molecule has 0 spiro atoms. The number of nitrogens with zero attached hydrogens (tertiary/aromatic N) is 4. The highest BCUT2D eigenvalue weighted by atomic mass is 16.5. The van der Waals surface area contributed by atoms with Crippen LogP contribution in [0, 0.1) is 6.92 Å². The largest absolute Gasteiger partial charge is 0.464 e. The third-order valence-corrected chi connectivity index (χ3v) is 3.63. The van der Waals surface area contributed by atoms with Gasteiger partial charge in [0.1, 0.15) is 18.2 Å². The van der Waals surface area contributed by atoms with Crippen molar-refractivity contribution in [3.05, 3.63) is 23.8 Å². The Morgan fingerprint density at radius 3 is 3.00 bits per heavy atom. The fraction of sp³-hybridized carbons (Fsp3) is 0.467. The second-order valence-electron chi connectivity index (χ2n) is 5.06. The SMILES string of the molecule is CCc1nccc2nc(C)nc(N3CCOC(=O)CC3)c12. The van der Waals surface area contributed by atoms with E-state index in [1.807, 2.05) is 13.0 Å². The predicted molar refractivity (Wildman–Crippen MR) is 79.2 cm³/mol. The minimum Gasteiger partial charge on any atom is -0.464 e. The van der Waals surface area contributed by atoms with Gasteiger partial charge in [0.05, 0.1) is 29.6 Å². The molecule has 0 atom stereocenters. The lowest BCUT2D eigenvalue weighted by Crippen LogP contribution is -2.27. The van der Waals surface area contributed by atoms with Crippen molar-refractivity contribution in [2.24, 2.45) is 0 Å². The Bertz CT molecular complexity index is 687. The highest BCUT2D eigenvalue weighted by molar-refractivity contribution is 5.91. The molecule has 3 rings (SSSR count). The van der Waals surface area contributed by atoms with Crippen LogP contribution in [-0.4, -0.2) is 40.6 Å². The molecule has 0 amide bonds. The van der Waals surface area contributed by atoms with Gasteiger partial charge in [-0.3, -0.25) is 9.78 Å². The van der Waals surface area contributed by atoms with Crippen LogP contribution in [-0.2, 0) is 16.0 Å². The summed E-state index contributed by atoms with van der Waals surface area (Å²) in [6, 6.07) is 1.91. The molecule has 1 aliphatic heterocycles. The van der Waals surface area contributed by atoms with Crippen molar-refractivity contribution in [2.75, 3.05) is 24.6 Å². The summed E-state index contributed by atoms with van der Waals surface area (Å²) in [5, 5.41) is 0.986. The lowest BCUT2D eigenvalue weighted by atomic mass is 10.1. The molecule has 3 heterocycles. The third-order valence-electron chi connectivity index (χ3n) is 3.63. The Morgan fingerprint density at radius 2 is 2.19 bits per heavy atom. The number of aryl methyl sites for hydroxylation is 2. The Kier molecular flexibility index (Phi) is 3.68. The number of aromatic nitrogens is 3. The quantitative estimate of drug-likeness (QED) is 0.782. The van der Waals surface area contributed by atoms with Crippen molar-refractivity contribution in [1.29, 1.82) is 0 Å². The fourth-order valence-electron chi connectivity index (χ4n) is 2.63. The van der Waals surface area contributed by atoms with Gasteiger partial charge in [-0.2, -0.15) is 0 Å². The average Bonchev–Trinajstić information content (AvgIpc) is 2.70. The Hall–Kier alpha value is -2.24. The van der Waals surface area contributed by atoms with E-state index in [1.165, 1.54) is 0 Å². The summed E-state index contributed by atoms with van der Waals surface area (Å²) in [7, 11) is 0. The maximum atomic E-state index is 11.4. The number of hydrogen-bond acceptors (Lipinski definition) is 6. The number of ether oxygens (including phenoxy) is 1. The Labute approximate surface area is 123 Å². The van der Waals surface area contributed by atoms with Crippen LogP contribution in [0.4, 0.5) is 5.82 Å². The molecule has 1 saturated heterocycles. The first-order valence-electron chi connectivity index (χ1n) is 7.22. The maximum Gasteiger partial charge on any atom is 0.307 e. The fourth-order valence-corrected chi connectivity index (χ4v) is 2.63. The normalized spacial score (nSPS) is 15.9. The molecule has 0 aromatic carbocycles. The molecule has 1 fully saturated rings. The maximum absolute atomic E-state index is 11.4. The molecule has 6 heteroatoms. The summed E-state index contributed by atoms with van der Waals surface area (Å²) in [6.07, 6.45) is 2.98. The van der Waals surface area contributed by atoms with Gasteiger partial charge in [-0.05, 0) is 19.4 Å². The zero-order valence-corrected chi connectivity index (χ0v) is 12.3. The third kappa shape index (κ3) is 2.66. The number of carbonyl (C=O) groups is 1. The van der Waals surface area contributed by atoms with Gasteiger partial charge in [0.2, 0.25) is 0 Å². The van der Waals surface area contributed by atoms with Gasteiger partial charge in [0, 0.05) is 12.7 Å². The first kappa shape index (κ1) is 13.7. The van der Waals surface area contributed by atoms with Crippen molar-refractivity contribution in [1.82, 2.24) is 15.0 Å². The van der Waals surface area contributed by atoms with Crippen molar-refractivity contribution in [2.45, 2.75) is 26.7 Å². The zero-order chi connectivity index (χ0) is 14.8. The molecule has 0 saturated carbocycles. The molecule has 0 N–H and O–H groups in total. The van der Waals surface area contributed by atoms with Gasteiger partial charge in [-0.15, -0.1) is 0 Å². The van der Waals surface area contributed by atoms with E-state index in [-0.39, 0.29) is 5.97 Å². The van der Waals surface area contributed by atoms with Crippen LogP contribution in [0.15, 0.2) is 12.3 Å². The first-order chi connectivity index (χ1) is 10.2. The second kappa shape index (κ2) is 5.63. The highest BCUT2D eigenvalue weighted by Crippen LogP contribution is 2.27. The molecule has 0 radical (unpaired) electrons. The number of cyclic esters (lactones) is 1. The summed E-state index contributed by atoms with van der Waals surface area (Å²) >= 11 is 0. The van der Waals surface area contributed by atoms with Crippen molar-refractivity contribution in [3.63, 3.8) is 0 Å². The van der Waals surface area contributed by atoms with Gasteiger partial charge in [0.15, 0.2) is 0 Å². The molecule has 2 aromatic heterocycles. The predicted octanol–water partition coefficient (Wildman–Crippen LogP) is 1.65. The number of fused-ring (bicyclic) bond motifs is 1. The summed E-state index contributed by atoms with van der Waals surface area (Å²) < 4.78 is 5.11. The second-order valence-corrected chi connectivity index (χ2v) is 5.06. The van der Waals surface area contributed by atoms with Gasteiger partial charge in [-0.25, -0.2) is 9.97 Å². The van der Waals surface area contributed by atoms with E-state index < -0.39 is 0 Å². The number of pyridine rings is 1. The highest BCUT2D eigenvalue weighted by Gasteiger charge is 2.20. The average molecular weight is 286 g/mol. The molecule has 1 aliphatic rings. The monoisotopic (exact) mass is 286 g/mol. The van der Waals surface area contributed by atoms with Crippen LogP contribution in [0.1, 0.15) is 24.9 Å². The van der Waals surface area contributed by atoms with Crippen molar-refractivity contribution < 1.29 is 9.53 Å². The molecule has 0 bridgehead atoms. The lowest BCUT2D eigenvalue weighted by molar-refractivity contribution is -0.142. The summed E-state index contributed by atoms with van der Waals surface area (Å²) in [5.74, 6) is 1.43. The van der Waals surface area contributed by atoms with Gasteiger partial charge >= 0.3 is 5.97 Å². The summed E-state index contributed by atoms with van der Waals surface area (Å²) in [6.45, 7) is 5.61. The number of anilines is 1. The van der Waals surface area contributed by atoms with E-state index in [0.717, 1.165) is 34.7 Å². The molecule has 2 aromatic rings.